The topological polar surface area (TPSA) is 79.0 Å². The molecule has 1 heterocycles. The maximum atomic E-state index is 12.9. The molecule has 4 rings (SSSR count). The molecule has 3 aromatic carbocycles. The third-order valence-electron chi connectivity index (χ3n) is 4.46. The fourth-order valence-corrected chi connectivity index (χ4v) is 3.46. The number of nitrogens with one attached hydrogen (secondary N) is 3. The van der Waals surface area contributed by atoms with E-state index in [0.717, 1.165) is 23.5 Å². The van der Waals surface area contributed by atoms with Crippen molar-refractivity contribution in [2.24, 2.45) is 0 Å². The SMILES string of the molecule is O=C(Nc1ccc(Oc2ccc(-c3ncc[nH]3)cc2)cc1)Nc1cc(Br)cc(C(F)(F)F)c1. The molecule has 0 atom stereocenters. The van der Waals surface area contributed by atoms with E-state index in [9.17, 15) is 18.0 Å². The zero-order chi connectivity index (χ0) is 23.4. The van der Waals surface area contributed by atoms with Gasteiger partial charge in [0.2, 0.25) is 0 Å². The molecule has 168 valence electrons. The fraction of sp³-hybridized carbons (Fsp3) is 0.0435. The van der Waals surface area contributed by atoms with Crippen LogP contribution in [0.3, 0.4) is 0 Å². The predicted molar refractivity (Wildman–Crippen MR) is 122 cm³/mol. The molecular weight excluding hydrogens is 501 g/mol. The number of ether oxygens (including phenoxy) is 1. The lowest BCUT2D eigenvalue weighted by molar-refractivity contribution is -0.137. The number of H-pyrrole nitrogens is 1. The molecule has 33 heavy (non-hydrogen) atoms. The number of benzene rings is 3. The van der Waals surface area contributed by atoms with Gasteiger partial charge in [0, 0.05) is 33.8 Å². The maximum Gasteiger partial charge on any atom is 0.416 e. The van der Waals surface area contributed by atoms with Crippen molar-refractivity contribution in [3.63, 3.8) is 0 Å². The van der Waals surface area contributed by atoms with Crippen LogP contribution in [-0.2, 0) is 6.18 Å². The maximum absolute atomic E-state index is 12.9. The van der Waals surface area contributed by atoms with E-state index in [1.165, 1.54) is 6.07 Å². The molecule has 2 amide bonds. The van der Waals surface area contributed by atoms with Gasteiger partial charge in [-0.3, -0.25) is 0 Å². The van der Waals surface area contributed by atoms with Crippen LogP contribution in [0.25, 0.3) is 11.4 Å². The van der Waals surface area contributed by atoms with Crippen LogP contribution in [0.4, 0.5) is 29.3 Å². The first kappa shape index (κ1) is 22.4. The molecule has 1 aromatic heterocycles. The van der Waals surface area contributed by atoms with Gasteiger partial charge in [-0.1, -0.05) is 15.9 Å². The predicted octanol–water partition coefficient (Wildman–Crippen LogP) is 7.29. The van der Waals surface area contributed by atoms with Gasteiger partial charge in [0.25, 0.3) is 0 Å². The van der Waals surface area contributed by atoms with E-state index >= 15 is 0 Å². The molecule has 0 unspecified atom stereocenters. The summed E-state index contributed by atoms with van der Waals surface area (Å²) in [5.74, 6) is 1.93. The average molecular weight is 517 g/mol. The van der Waals surface area contributed by atoms with Gasteiger partial charge < -0.3 is 20.4 Å². The van der Waals surface area contributed by atoms with E-state index in [0.29, 0.717) is 17.2 Å². The summed E-state index contributed by atoms with van der Waals surface area (Å²) in [6, 6.07) is 16.4. The van der Waals surface area contributed by atoms with Gasteiger partial charge in [0.15, 0.2) is 0 Å². The second kappa shape index (κ2) is 9.37. The highest BCUT2D eigenvalue weighted by Gasteiger charge is 2.31. The van der Waals surface area contributed by atoms with Crippen LogP contribution in [0.5, 0.6) is 11.5 Å². The number of imidazole rings is 1. The van der Waals surface area contributed by atoms with Crippen LogP contribution in [0.2, 0.25) is 0 Å². The van der Waals surface area contributed by atoms with Crippen LogP contribution in [0, 0.1) is 0 Å². The van der Waals surface area contributed by atoms with Crippen LogP contribution in [0.15, 0.2) is 83.6 Å². The molecule has 4 aromatic rings. The summed E-state index contributed by atoms with van der Waals surface area (Å²) < 4.78 is 44.8. The number of halogens is 4. The van der Waals surface area contributed by atoms with Crippen LogP contribution in [0.1, 0.15) is 5.56 Å². The van der Waals surface area contributed by atoms with Gasteiger partial charge in [-0.15, -0.1) is 0 Å². The van der Waals surface area contributed by atoms with Crippen molar-refractivity contribution < 1.29 is 22.7 Å². The van der Waals surface area contributed by atoms with E-state index in [4.69, 9.17) is 4.74 Å². The second-order valence-corrected chi connectivity index (χ2v) is 7.81. The molecule has 0 aliphatic rings. The zero-order valence-corrected chi connectivity index (χ0v) is 18.4. The van der Waals surface area contributed by atoms with E-state index < -0.39 is 17.8 Å². The number of urea groups is 1. The molecule has 0 spiro atoms. The monoisotopic (exact) mass is 516 g/mol. The molecular formula is C23H16BrF3N4O2. The quantitative estimate of drug-likeness (QED) is 0.260. The summed E-state index contributed by atoms with van der Waals surface area (Å²) in [5, 5.41) is 4.97. The van der Waals surface area contributed by atoms with Crippen molar-refractivity contribution in [2.75, 3.05) is 10.6 Å². The molecule has 3 N–H and O–H groups in total. The Morgan fingerprint density at radius 2 is 1.55 bits per heavy atom. The molecule has 0 fully saturated rings. The first-order valence-electron chi connectivity index (χ1n) is 9.60. The molecule has 10 heteroatoms. The number of aromatic nitrogens is 2. The Morgan fingerprint density at radius 1 is 0.909 bits per heavy atom. The highest BCUT2D eigenvalue weighted by atomic mass is 79.9. The minimum absolute atomic E-state index is 0.00662. The number of hydrogen-bond donors (Lipinski definition) is 3. The van der Waals surface area contributed by atoms with Gasteiger partial charge in [0.1, 0.15) is 17.3 Å². The van der Waals surface area contributed by atoms with Crippen LogP contribution >= 0.6 is 15.9 Å². The van der Waals surface area contributed by atoms with Crippen molar-refractivity contribution in [3.8, 4) is 22.9 Å². The highest BCUT2D eigenvalue weighted by molar-refractivity contribution is 9.10. The van der Waals surface area contributed by atoms with Crippen molar-refractivity contribution in [1.82, 2.24) is 9.97 Å². The summed E-state index contributed by atoms with van der Waals surface area (Å²) >= 11 is 3.02. The van der Waals surface area contributed by atoms with E-state index in [1.807, 2.05) is 24.3 Å². The largest absolute Gasteiger partial charge is 0.457 e. The Balaban J connectivity index is 1.36. The number of rotatable bonds is 5. The first-order chi connectivity index (χ1) is 15.8. The smallest absolute Gasteiger partial charge is 0.416 e. The Labute approximate surface area is 195 Å². The number of nitrogens with zero attached hydrogens (tertiary/aromatic N) is 1. The third kappa shape index (κ3) is 5.92. The van der Waals surface area contributed by atoms with Gasteiger partial charge in [-0.05, 0) is 66.7 Å². The normalized spacial score (nSPS) is 11.2. The van der Waals surface area contributed by atoms with Gasteiger partial charge in [-0.2, -0.15) is 13.2 Å². The number of amides is 2. The molecule has 0 bridgehead atoms. The Bertz CT molecular complexity index is 1240. The van der Waals surface area contributed by atoms with Crippen molar-refractivity contribution >= 4 is 33.3 Å². The van der Waals surface area contributed by atoms with Crippen molar-refractivity contribution in [3.05, 3.63) is 89.2 Å². The number of carbonyl (C=O) groups excluding carboxylic acids is 1. The fourth-order valence-electron chi connectivity index (χ4n) is 2.97. The van der Waals surface area contributed by atoms with Gasteiger partial charge in [0.05, 0.1) is 5.56 Å². The molecule has 0 saturated carbocycles. The lowest BCUT2D eigenvalue weighted by Gasteiger charge is -2.12. The number of anilines is 2. The summed E-state index contributed by atoms with van der Waals surface area (Å²) in [6.45, 7) is 0. The lowest BCUT2D eigenvalue weighted by Crippen LogP contribution is -2.19. The third-order valence-corrected chi connectivity index (χ3v) is 4.91. The average Bonchev–Trinajstić information content (AvgIpc) is 3.29. The number of hydrogen-bond acceptors (Lipinski definition) is 3. The Kier molecular flexibility index (Phi) is 6.36. The highest BCUT2D eigenvalue weighted by Crippen LogP contribution is 2.33. The van der Waals surface area contributed by atoms with Gasteiger partial charge in [-0.25, -0.2) is 9.78 Å². The molecule has 0 aliphatic carbocycles. The second-order valence-electron chi connectivity index (χ2n) is 6.89. The molecule has 0 saturated heterocycles. The van der Waals surface area contributed by atoms with E-state index in [-0.39, 0.29) is 10.2 Å². The standard InChI is InChI=1S/C23H16BrF3N4O2/c24-16-11-15(23(25,26)27)12-18(13-16)31-22(32)30-17-3-7-20(8-4-17)33-19-5-1-14(2-6-19)21-28-9-10-29-21/h1-13H,(H,28,29)(H2,30,31,32). The summed E-state index contributed by atoms with van der Waals surface area (Å²) in [5.41, 5.74) is 0.503. The molecule has 0 aliphatic heterocycles. The molecule has 6 nitrogen and oxygen atoms in total. The Hall–Kier alpha value is -3.79. The van der Waals surface area contributed by atoms with Crippen molar-refractivity contribution in [2.45, 2.75) is 6.18 Å². The Morgan fingerprint density at radius 3 is 2.15 bits per heavy atom. The van der Waals surface area contributed by atoms with Crippen molar-refractivity contribution in [1.29, 1.82) is 0 Å². The van der Waals surface area contributed by atoms with E-state index in [2.05, 4.69) is 36.5 Å². The molecule has 0 radical (unpaired) electrons. The minimum atomic E-state index is -4.52. The van der Waals surface area contributed by atoms with Crippen LogP contribution < -0.4 is 15.4 Å². The zero-order valence-electron chi connectivity index (χ0n) is 16.8. The van der Waals surface area contributed by atoms with Crippen LogP contribution in [-0.4, -0.2) is 16.0 Å². The summed E-state index contributed by atoms with van der Waals surface area (Å²) in [7, 11) is 0. The summed E-state index contributed by atoms with van der Waals surface area (Å²) in [6.07, 6.45) is -1.10. The first-order valence-corrected chi connectivity index (χ1v) is 10.4. The number of carbonyl (C=O) groups is 1. The minimum Gasteiger partial charge on any atom is -0.457 e. The van der Waals surface area contributed by atoms with E-state index in [1.54, 1.807) is 36.7 Å². The lowest BCUT2D eigenvalue weighted by atomic mass is 10.2. The van der Waals surface area contributed by atoms with Gasteiger partial charge >= 0.3 is 12.2 Å². The number of aromatic amines is 1. The summed E-state index contributed by atoms with van der Waals surface area (Å²) in [4.78, 5) is 19.4. The number of alkyl halides is 3.